The van der Waals surface area contributed by atoms with Crippen LogP contribution >= 0.6 is 0 Å². The van der Waals surface area contributed by atoms with Gasteiger partial charge in [0.15, 0.2) is 5.78 Å². The lowest BCUT2D eigenvalue weighted by atomic mass is 9.84. The van der Waals surface area contributed by atoms with Crippen LogP contribution in [0, 0.1) is 5.92 Å². The zero-order valence-corrected chi connectivity index (χ0v) is 15.0. The Morgan fingerprint density at radius 1 is 1.25 bits per heavy atom. The molecule has 1 aromatic rings. The van der Waals surface area contributed by atoms with Crippen molar-refractivity contribution >= 4 is 11.5 Å². The Hall–Kier alpha value is -1.61. The van der Waals surface area contributed by atoms with Gasteiger partial charge in [-0.3, -0.25) is 4.79 Å². The molecule has 1 fully saturated rings. The van der Waals surface area contributed by atoms with Gasteiger partial charge in [0.05, 0.1) is 0 Å². The second-order valence-corrected chi connectivity index (χ2v) is 8.03. The number of fused-ring (bicyclic) bond motifs is 1. The molecule has 3 nitrogen and oxygen atoms in total. The number of benzene rings is 1. The third-order valence-electron chi connectivity index (χ3n) is 5.35. The van der Waals surface area contributed by atoms with Crippen LogP contribution in [0.2, 0.25) is 0 Å². The fraction of sp³-hybridized carbons (Fsp3) is 0.571. The summed E-state index contributed by atoms with van der Waals surface area (Å²) in [6, 6.07) is 6.42. The summed E-state index contributed by atoms with van der Waals surface area (Å²) in [5, 5.41) is 3.59. The van der Waals surface area contributed by atoms with E-state index in [-0.39, 0.29) is 11.5 Å². The van der Waals surface area contributed by atoms with Crippen molar-refractivity contribution in [2.45, 2.75) is 70.9 Å². The van der Waals surface area contributed by atoms with Gasteiger partial charge in [0, 0.05) is 35.3 Å². The summed E-state index contributed by atoms with van der Waals surface area (Å²) in [6.07, 6.45) is 9.84. The molecule has 1 heterocycles. The molecule has 130 valence electrons. The van der Waals surface area contributed by atoms with Crippen molar-refractivity contribution in [3.8, 4) is 0 Å². The van der Waals surface area contributed by atoms with E-state index in [4.69, 9.17) is 5.73 Å². The number of nitrogens with two attached hydrogens (primary N) is 1. The largest absolute Gasteiger partial charge is 0.379 e. The minimum absolute atomic E-state index is 0.0349. The molecule has 0 amide bonds. The van der Waals surface area contributed by atoms with E-state index in [9.17, 15) is 4.79 Å². The molecule has 1 saturated carbocycles. The van der Waals surface area contributed by atoms with Gasteiger partial charge in [0.1, 0.15) is 0 Å². The topological polar surface area (TPSA) is 55.1 Å². The molecule has 24 heavy (non-hydrogen) atoms. The monoisotopic (exact) mass is 326 g/mol. The standard InChI is InChI=1S/C21H30N2O/c1-21(2)13-17-10-9-15(14-22)11-18(17)19(23-21)12-20(24)16-7-5-3-4-6-8-16/h9-12,16,23H,3-8,13-14,22H2,1-2H3/b19-12-. The van der Waals surface area contributed by atoms with Crippen LogP contribution in [0.4, 0.5) is 0 Å². The van der Waals surface area contributed by atoms with Gasteiger partial charge in [-0.05, 0) is 50.3 Å². The van der Waals surface area contributed by atoms with E-state index >= 15 is 0 Å². The van der Waals surface area contributed by atoms with Crippen LogP contribution in [-0.4, -0.2) is 11.3 Å². The van der Waals surface area contributed by atoms with Gasteiger partial charge in [-0.15, -0.1) is 0 Å². The van der Waals surface area contributed by atoms with Gasteiger partial charge in [-0.1, -0.05) is 37.8 Å². The van der Waals surface area contributed by atoms with Crippen molar-refractivity contribution < 1.29 is 4.79 Å². The molecule has 0 spiro atoms. The SMILES string of the molecule is CC1(C)Cc2ccc(CN)cc2/C(=C/C(=O)C2CCCCCC2)N1. The summed E-state index contributed by atoms with van der Waals surface area (Å²) in [5.74, 6) is 0.495. The lowest BCUT2D eigenvalue weighted by Crippen LogP contribution is -2.44. The number of hydrogen-bond donors (Lipinski definition) is 2. The molecule has 0 radical (unpaired) electrons. The molecule has 0 atom stereocenters. The molecule has 3 heteroatoms. The first-order valence-electron chi connectivity index (χ1n) is 9.34. The highest BCUT2D eigenvalue weighted by atomic mass is 16.1. The molecule has 0 saturated heterocycles. The number of hydrogen-bond acceptors (Lipinski definition) is 3. The number of nitrogens with one attached hydrogen (secondary N) is 1. The van der Waals surface area contributed by atoms with E-state index < -0.39 is 0 Å². The number of carbonyl (C=O) groups is 1. The van der Waals surface area contributed by atoms with Crippen LogP contribution in [0.15, 0.2) is 24.3 Å². The number of rotatable bonds is 3. The zero-order chi connectivity index (χ0) is 17.2. The predicted molar refractivity (Wildman–Crippen MR) is 99.4 cm³/mol. The summed E-state index contributed by atoms with van der Waals surface area (Å²) < 4.78 is 0. The molecular formula is C21H30N2O. The number of carbonyl (C=O) groups excluding carboxylic acids is 1. The van der Waals surface area contributed by atoms with E-state index in [1.165, 1.54) is 31.2 Å². The summed E-state index contributed by atoms with van der Waals surface area (Å²) in [4.78, 5) is 12.9. The van der Waals surface area contributed by atoms with Gasteiger partial charge in [-0.2, -0.15) is 0 Å². The Labute approximate surface area is 145 Å². The van der Waals surface area contributed by atoms with Crippen LogP contribution in [0.25, 0.3) is 5.70 Å². The number of ketones is 1. The van der Waals surface area contributed by atoms with Crippen molar-refractivity contribution in [1.29, 1.82) is 0 Å². The smallest absolute Gasteiger partial charge is 0.160 e. The molecule has 0 bridgehead atoms. The van der Waals surface area contributed by atoms with Crippen molar-refractivity contribution in [2.24, 2.45) is 11.7 Å². The Balaban J connectivity index is 1.92. The van der Waals surface area contributed by atoms with Crippen molar-refractivity contribution in [1.82, 2.24) is 5.32 Å². The minimum atomic E-state index is -0.0349. The van der Waals surface area contributed by atoms with E-state index in [1.54, 1.807) is 0 Å². The summed E-state index contributed by atoms with van der Waals surface area (Å²) in [6.45, 7) is 4.91. The average Bonchev–Trinajstić information content (AvgIpc) is 2.83. The Bertz CT molecular complexity index is 637. The summed E-state index contributed by atoms with van der Waals surface area (Å²) in [5.41, 5.74) is 10.3. The summed E-state index contributed by atoms with van der Waals surface area (Å²) >= 11 is 0. The van der Waals surface area contributed by atoms with Crippen molar-refractivity contribution in [3.63, 3.8) is 0 Å². The Kier molecular flexibility index (Phi) is 5.09. The van der Waals surface area contributed by atoms with Crippen LogP contribution in [0.3, 0.4) is 0 Å². The van der Waals surface area contributed by atoms with Gasteiger partial charge < -0.3 is 11.1 Å². The Morgan fingerprint density at radius 2 is 1.96 bits per heavy atom. The third-order valence-corrected chi connectivity index (χ3v) is 5.35. The van der Waals surface area contributed by atoms with E-state index in [0.29, 0.717) is 12.3 Å². The quantitative estimate of drug-likeness (QED) is 0.653. The second kappa shape index (κ2) is 7.10. The van der Waals surface area contributed by atoms with Crippen LogP contribution in [-0.2, 0) is 17.8 Å². The van der Waals surface area contributed by atoms with Crippen LogP contribution in [0.5, 0.6) is 0 Å². The fourth-order valence-corrected chi connectivity index (χ4v) is 4.05. The molecule has 3 N–H and O–H groups in total. The predicted octanol–water partition coefficient (Wildman–Crippen LogP) is 3.95. The maximum atomic E-state index is 12.9. The highest BCUT2D eigenvalue weighted by Gasteiger charge is 2.29. The zero-order valence-electron chi connectivity index (χ0n) is 15.0. The Morgan fingerprint density at radius 3 is 2.62 bits per heavy atom. The molecule has 0 aromatic heterocycles. The summed E-state index contributed by atoms with van der Waals surface area (Å²) in [7, 11) is 0. The molecule has 1 aliphatic carbocycles. The normalized spacial score (nSPS) is 22.5. The second-order valence-electron chi connectivity index (χ2n) is 8.03. The van der Waals surface area contributed by atoms with Gasteiger partial charge in [-0.25, -0.2) is 0 Å². The van der Waals surface area contributed by atoms with Crippen molar-refractivity contribution in [2.75, 3.05) is 0 Å². The molecule has 1 aromatic carbocycles. The third kappa shape index (κ3) is 3.89. The number of allylic oxidation sites excluding steroid dienone is 1. The van der Waals surface area contributed by atoms with Gasteiger partial charge in [0.25, 0.3) is 0 Å². The lowest BCUT2D eigenvalue weighted by Gasteiger charge is -2.36. The first kappa shape index (κ1) is 17.2. The highest BCUT2D eigenvalue weighted by molar-refractivity contribution is 5.98. The molecule has 3 rings (SSSR count). The van der Waals surface area contributed by atoms with E-state index in [1.807, 2.05) is 6.08 Å². The highest BCUT2D eigenvalue weighted by Crippen LogP contribution is 2.31. The molecule has 0 unspecified atom stereocenters. The molecule has 2 aliphatic rings. The maximum Gasteiger partial charge on any atom is 0.160 e. The maximum absolute atomic E-state index is 12.9. The van der Waals surface area contributed by atoms with Gasteiger partial charge in [0.2, 0.25) is 0 Å². The van der Waals surface area contributed by atoms with Gasteiger partial charge >= 0.3 is 0 Å². The van der Waals surface area contributed by atoms with E-state index in [0.717, 1.165) is 36.1 Å². The minimum Gasteiger partial charge on any atom is -0.379 e. The van der Waals surface area contributed by atoms with Crippen LogP contribution in [0.1, 0.15) is 69.1 Å². The average molecular weight is 326 g/mol. The first-order valence-corrected chi connectivity index (χ1v) is 9.34. The van der Waals surface area contributed by atoms with Crippen LogP contribution < -0.4 is 11.1 Å². The molecule has 1 aliphatic heterocycles. The van der Waals surface area contributed by atoms with E-state index in [2.05, 4.69) is 37.4 Å². The lowest BCUT2D eigenvalue weighted by molar-refractivity contribution is -0.118. The van der Waals surface area contributed by atoms with Crippen molar-refractivity contribution in [3.05, 3.63) is 41.0 Å². The fourth-order valence-electron chi connectivity index (χ4n) is 4.05. The first-order chi connectivity index (χ1) is 11.5. The molecular weight excluding hydrogens is 296 g/mol.